The highest BCUT2D eigenvalue weighted by Gasteiger charge is 2.08. The van der Waals surface area contributed by atoms with Gasteiger partial charge in [0.25, 0.3) is 5.91 Å². The van der Waals surface area contributed by atoms with E-state index in [9.17, 15) is 9.59 Å². The van der Waals surface area contributed by atoms with Crippen molar-refractivity contribution in [2.75, 3.05) is 11.1 Å². The summed E-state index contributed by atoms with van der Waals surface area (Å²) in [5.74, 6) is 1.83. The van der Waals surface area contributed by atoms with E-state index in [4.69, 9.17) is 5.73 Å². The Bertz CT molecular complexity index is 973. The van der Waals surface area contributed by atoms with Crippen LogP contribution in [0.1, 0.15) is 27.9 Å². The third-order valence-corrected chi connectivity index (χ3v) is 4.33. The van der Waals surface area contributed by atoms with E-state index in [0.29, 0.717) is 35.4 Å². The Hall–Kier alpha value is -3.62. The van der Waals surface area contributed by atoms with Gasteiger partial charge < -0.3 is 11.1 Å². The average molecular weight is 356 g/mol. The summed E-state index contributed by atoms with van der Waals surface area (Å²) in [7, 11) is 0. The highest BCUT2D eigenvalue weighted by molar-refractivity contribution is 6.05. The quantitative estimate of drug-likeness (QED) is 0.509. The summed E-state index contributed by atoms with van der Waals surface area (Å²) in [6.07, 6.45) is 1.30. The van der Waals surface area contributed by atoms with E-state index in [2.05, 4.69) is 5.32 Å². The third-order valence-electron chi connectivity index (χ3n) is 4.33. The van der Waals surface area contributed by atoms with Gasteiger partial charge in [-0.25, -0.2) is 4.79 Å². The third kappa shape index (κ3) is 4.72. The molecule has 0 unspecified atom stereocenters. The number of carbonyl (C=O) groups excluding carboxylic acids is 2. The highest BCUT2D eigenvalue weighted by Crippen LogP contribution is 2.20. The van der Waals surface area contributed by atoms with Gasteiger partial charge in [-0.3, -0.25) is 4.79 Å². The Kier molecular flexibility index (Phi) is 5.83. The van der Waals surface area contributed by atoms with Crippen LogP contribution >= 0.6 is 0 Å². The Morgan fingerprint density at radius 3 is 2.19 bits per heavy atom. The van der Waals surface area contributed by atoms with Gasteiger partial charge in [-0.1, -0.05) is 54.6 Å². The molecule has 0 atom stereocenters. The lowest BCUT2D eigenvalue weighted by Gasteiger charge is -2.09. The number of benzene rings is 3. The van der Waals surface area contributed by atoms with Crippen LogP contribution in [0.25, 0.3) is 5.57 Å². The van der Waals surface area contributed by atoms with Crippen LogP contribution in [0.2, 0.25) is 0 Å². The number of para-hydroxylation sites is 2. The van der Waals surface area contributed by atoms with E-state index >= 15 is 0 Å². The molecular weight excluding hydrogens is 336 g/mol. The Morgan fingerprint density at radius 1 is 0.852 bits per heavy atom. The first-order valence-corrected chi connectivity index (χ1v) is 8.71. The number of allylic oxidation sites excluding steroid dienone is 1. The van der Waals surface area contributed by atoms with Crippen molar-refractivity contribution in [3.8, 4) is 0 Å². The predicted octanol–water partition coefficient (Wildman–Crippen LogP) is 4.37. The fourth-order valence-electron chi connectivity index (χ4n) is 2.79. The molecule has 0 aliphatic carbocycles. The van der Waals surface area contributed by atoms with Gasteiger partial charge >= 0.3 is 0 Å². The molecule has 1 amide bonds. The van der Waals surface area contributed by atoms with Gasteiger partial charge in [0.15, 0.2) is 0 Å². The molecule has 0 aromatic heterocycles. The minimum absolute atomic E-state index is 0.211. The number of hydrogen-bond acceptors (Lipinski definition) is 3. The molecule has 0 saturated carbocycles. The molecule has 4 nitrogen and oxygen atoms in total. The Balaban J connectivity index is 1.62. The van der Waals surface area contributed by atoms with E-state index in [-0.39, 0.29) is 5.91 Å². The zero-order chi connectivity index (χ0) is 19.1. The molecule has 0 spiro atoms. The van der Waals surface area contributed by atoms with Crippen LogP contribution < -0.4 is 11.1 Å². The topological polar surface area (TPSA) is 72.2 Å². The molecule has 0 bridgehead atoms. The molecule has 0 saturated heterocycles. The van der Waals surface area contributed by atoms with Crippen molar-refractivity contribution >= 4 is 28.8 Å². The number of carbonyl (C=O) groups is 1. The van der Waals surface area contributed by atoms with Crippen LogP contribution in [-0.4, -0.2) is 11.8 Å². The zero-order valence-electron chi connectivity index (χ0n) is 14.8. The molecule has 0 aliphatic rings. The van der Waals surface area contributed by atoms with E-state index in [0.717, 1.165) is 11.1 Å². The number of anilines is 2. The number of aryl methyl sites for hydroxylation is 1. The number of amides is 1. The number of nitrogens with two attached hydrogens (primary N) is 1. The van der Waals surface area contributed by atoms with Crippen molar-refractivity contribution in [2.24, 2.45) is 0 Å². The Morgan fingerprint density at radius 2 is 1.52 bits per heavy atom. The lowest BCUT2D eigenvalue weighted by Crippen LogP contribution is -2.13. The summed E-state index contributed by atoms with van der Waals surface area (Å²) in [4.78, 5) is 23.6. The van der Waals surface area contributed by atoms with Crippen LogP contribution in [0.5, 0.6) is 0 Å². The standard InChI is InChI=1S/C23H20N2O2/c24-21-8-4-5-9-22(21)25-23(27)19-13-10-17(11-14-19)12-15-20(16-26)18-6-2-1-3-7-18/h1-11,13-14H,12,15,24H2,(H,25,27). The van der Waals surface area contributed by atoms with Crippen molar-refractivity contribution in [3.05, 3.63) is 95.6 Å². The molecule has 0 heterocycles. The first-order valence-electron chi connectivity index (χ1n) is 8.71. The monoisotopic (exact) mass is 356 g/mol. The number of hydrogen-bond donors (Lipinski definition) is 2. The molecule has 0 fully saturated rings. The lowest BCUT2D eigenvalue weighted by atomic mass is 9.99. The van der Waals surface area contributed by atoms with Crippen LogP contribution in [0.3, 0.4) is 0 Å². The molecule has 134 valence electrons. The van der Waals surface area contributed by atoms with Crippen LogP contribution in [0.4, 0.5) is 11.4 Å². The fraction of sp³-hybridized carbons (Fsp3) is 0.0870. The van der Waals surface area contributed by atoms with Gasteiger partial charge in [0.05, 0.1) is 11.4 Å². The van der Waals surface area contributed by atoms with E-state index in [1.165, 1.54) is 0 Å². The van der Waals surface area contributed by atoms with Gasteiger partial charge in [-0.05, 0) is 48.2 Å². The zero-order valence-corrected chi connectivity index (χ0v) is 14.8. The maximum atomic E-state index is 12.4. The molecule has 27 heavy (non-hydrogen) atoms. The maximum Gasteiger partial charge on any atom is 0.255 e. The SMILES string of the molecule is Nc1ccccc1NC(=O)c1ccc(CCC(=C=O)c2ccccc2)cc1. The molecule has 4 heteroatoms. The molecule has 3 rings (SSSR count). The second kappa shape index (κ2) is 8.65. The van der Waals surface area contributed by atoms with Gasteiger partial charge in [-0.2, -0.15) is 0 Å². The second-order valence-electron chi connectivity index (χ2n) is 6.18. The number of nitrogens with one attached hydrogen (secondary N) is 1. The van der Waals surface area contributed by atoms with Gasteiger partial charge in [0.2, 0.25) is 0 Å². The maximum absolute atomic E-state index is 12.4. The van der Waals surface area contributed by atoms with E-state index in [1.54, 1.807) is 24.3 Å². The van der Waals surface area contributed by atoms with E-state index in [1.807, 2.05) is 60.5 Å². The molecule has 3 aromatic carbocycles. The summed E-state index contributed by atoms with van der Waals surface area (Å²) in [6.45, 7) is 0. The summed E-state index contributed by atoms with van der Waals surface area (Å²) in [6, 6.07) is 24.0. The molecule has 3 aromatic rings. The van der Waals surface area contributed by atoms with Gasteiger partial charge in [0.1, 0.15) is 5.94 Å². The van der Waals surface area contributed by atoms with Crippen molar-refractivity contribution in [1.82, 2.24) is 0 Å². The molecule has 0 aliphatic heterocycles. The first-order chi connectivity index (χ1) is 13.2. The van der Waals surface area contributed by atoms with Crippen molar-refractivity contribution < 1.29 is 9.59 Å². The summed E-state index contributed by atoms with van der Waals surface area (Å²) < 4.78 is 0. The summed E-state index contributed by atoms with van der Waals surface area (Å²) >= 11 is 0. The van der Waals surface area contributed by atoms with Gasteiger partial charge in [0, 0.05) is 11.1 Å². The summed E-state index contributed by atoms with van der Waals surface area (Å²) in [5.41, 5.74) is 10.1. The first kappa shape index (κ1) is 18.2. The molecule has 3 N–H and O–H groups in total. The molecule has 0 radical (unpaired) electrons. The predicted molar refractivity (Wildman–Crippen MR) is 109 cm³/mol. The van der Waals surface area contributed by atoms with Gasteiger partial charge in [-0.15, -0.1) is 0 Å². The summed E-state index contributed by atoms with van der Waals surface area (Å²) in [5, 5.41) is 2.81. The Labute approximate surface area is 158 Å². The lowest BCUT2D eigenvalue weighted by molar-refractivity contribution is 0.102. The number of rotatable bonds is 6. The minimum atomic E-state index is -0.211. The van der Waals surface area contributed by atoms with Crippen LogP contribution in [0.15, 0.2) is 78.9 Å². The smallest absolute Gasteiger partial charge is 0.255 e. The highest BCUT2D eigenvalue weighted by atomic mass is 16.1. The number of nitrogen functional groups attached to an aromatic ring is 1. The van der Waals surface area contributed by atoms with Crippen molar-refractivity contribution in [2.45, 2.75) is 12.8 Å². The van der Waals surface area contributed by atoms with Crippen LogP contribution in [-0.2, 0) is 11.2 Å². The molecular formula is C23H20N2O2. The van der Waals surface area contributed by atoms with E-state index < -0.39 is 0 Å². The minimum Gasteiger partial charge on any atom is -0.397 e. The fourth-order valence-corrected chi connectivity index (χ4v) is 2.79. The van der Waals surface area contributed by atoms with Crippen molar-refractivity contribution in [3.63, 3.8) is 0 Å². The van der Waals surface area contributed by atoms with Crippen molar-refractivity contribution in [1.29, 1.82) is 0 Å². The largest absolute Gasteiger partial charge is 0.397 e. The normalized spacial score (nSPS) is 10.1. The average Bonchev–Trinajstić information content (AvgIpc) is 2.71. The van der Waals surface area contributed by atoms with Crippen LogP contribution in [0, 0.1) is 0 Å². The second-order valence-corrected chi connectivity index (χ2v) is 6.18.